The van der Waals surface area contributed by atoms with Crippen LogP contribution in [0.2, 0.25) is 0 Å². The van der Waals surface area contributed by atoms with Gasteiger partial charge in [0.05, 0.1) is 5.60 Å². The molecule has 0 aliphatic heterocycles. The molecule has 1 N–H and O–H groups in total. The van der Waals surface area contributed by atoms with Gasteiger partial charge in [-0.1, -0.05) is 13.8 Å². The number of aliphatic hydroxyl groups is 1. The number of aliphatic imine (C=N–C) groups is 1. The molecule has 0 rings (SSSR count). The van der Waals surface area contributed by atoms with Gasteiger partial charge in [0, 0.05) is 18.2 Å². The average molecular weight is 185 g/mol. The van der Waals surface area contributed by atoms with E-state index in [1.165, 1.54) is 0 Å². The Kier molecular flexibility index (Phi) is 5.23. The molecule has 0 heterocycles. The highest BCUT2D eigenvalue weighted by atomic mass is 16.3. The van der Waals surface area contributed by atoms with Gasteiger partial charge in [0.2, 0.25) is 0 Å². The fraction of sp³-hybridized carbons (Fsp3) is 0.909. The average Bonchev–Trinajstić information content (AvgIpc) is 2.02. The fourth-order valence-electron chi connectivity index (χ4n) is 1.14. The van der Waals surface area contributed by atoms with E-state index in [-0.39, 0.29) is 5.92 Å². The van der Waals surface area contributed by atoms with E-state index in [1.54, 1.807) is 0 Å². The highest BCUT2D eigenvalue weighted by molar-refractivity contribution is 5.62. The first-order valence-electron chi connectivity index (χ1n) is 5.17. The van der Waals surface area contributed by atoms with Crippen molar-refractivity contribution in [3.63, 3.8) is 0 Å². The summed E-state index contributed by atoms with van der Waals surface area (Å²) >= 11 is 0. The second kappa shape index (κ2) is 5.38. The Balaban J connectivity index is 4.21. The monoisotopic (exact) mass is 185 g/mol. The Morgan fingerprint density at radius 2 is 1.85 bits per heavy atom. The Labute approximate surface area is 82.1 Å². The molecule has 0 aliphatic carbocycles. The molecular formula is C11H23NO. The fourth-order valence-corrected chi connectivity index (χ4v) is 1.14. The van der Waals surface area contributed by atoms with E-state index in [2.05, 4.69) is 25.8 Å². The van der Waals surface area contributed by atoms with Crippen molar-refractivity contribution in [1.82, 2.24) is 0 Å². The third kappa shape index (κ3) is 5.04. The topological polar surface area (TPSA) is 32.6 Å². The van der Waals surface area contributed by atoms with Crippen LogP contribution in [0.1, 0.15) is 47.5 Å². The molecule has 13 heavy (non-hydrogen) atoms. The van der Waals surface area contributed by atoms with E-state index < -0.39 is 5.60 Å². The molecule has 0 aromatic heterocycles. The van der Waals surface area contributed by atoms with E-state index in [9.17, 15) is 5.11 Å². The summed E-state index contributed by atoms with van der Waals surface area (Å²) in [6, 6.07) is 0.372. The molecule has 0 saturated carbocycles. The minimum Gasteiger partial charge on any atom is -0.390 e. The molecule has 0 amide bonds. The SMILES string of the molecule is CCC(C)N=CC(CC)C(C)(C)O. The van der Waals surface area contributed by atoms with Gasteiger partial charge in [-0.3, -0.25) is 4.99 Å². The quantitative estimate of drug-likeness (QED) is 0.656. The van der Waals surface area contributed by atoms with Crippen molar-refractivity contribution in [2.24, 2.45) is 10.9 Å². The smallest absolute Gasteiger partial charge is 0.0668 e. The molecule has 0 saturated heterocycles. The lowest BCUT2D eigenvalue weighted by Crippen LogP contribution is -2.31. The maximum absolute atomic E-state index is 9.77. The van der Waals surface area contributed by atoms with Crippen LogP contribution >= 0.6 is 0 Å². The van der Waals surface area contributed by atoms with Crippen LogP contribution in [0.15, 0.2) is 4.99 Å². The molecule has 2 nitrogen and oxygen atoms in total. The van der Waals surface area contributed by atoms with Gasteiger partial charge >= 0.3 is 0 Å². The molecule has 0 aliphatic rings. The van der Waals surface area contributed by atoms with Gasteiger partial charge in [0.15, 0.2) is 0 Å². The van der Waals surface area contributed by atoms with Crippen molar-refractivity contribution in [3.05, 3.63) is 0 Å². The second-order valence-corrected chi connectivity index (χ2v) is 4.22. The van der Waals surface area contributed by atoms with E-state index in [0.29, 0.717) is 6.04 Å². The van der Waals surface area contributed by atoms with Crippen LogP contribution in [-0.2, 0) is 0 Å². The standard InChI is InChI=1S/C11H23NO/c1-6-9(3)12-8-10(7-2)11(4,5)13/h8-10,13H,6-7H2,1-5H3. The molecule has 0 bridgehead atoms. The normalized spacial score (nSPS) is 17.7. The summed E-state index contributed by atoms with van der Waals surface area (Å²) in [4.78, 5) is 4.40. The number of hydrogen-bond donors (Lipinski definition) is 1. The van der Waals surface area contributed by atoms with Crippen LogP contribution in [0.5, 0.6) is 0 Å². The van der Waals surface area contributed by atoms with Crippen molar-refractivity contribution in [2.45, 2.75) is 59.1 Å². The highest BCUT2D eigenvalue weighted by Gasteiger charge is 2.23. The number of hydrogen-bond acceptors (Lipinski definition) is 2. The summed E-state index contributed by atoms with van der Waals surface area (Å²) in [5.41, 5.74) is -0.647. The summed E-state index contributed by atoms with van der Waals surface area (Å²) < 4.78 is 0. The molecule has 2 atom stereocenters. The van der Waals surface area contributed by atoms with Crippen LogP contribution in [0.25, 0.3) is 0 Å². The molecule has 0 spiro atoms. The zero-order valence-electron chi connectivity index (χ0n) is 9.54. The first-order chi connectivity index (χ1) is 5.91. The number of nitrogens with zero attached hydrogens (tertiary/aromatic N) is 1. The van der Waals surface area contributed by atoms with E-state index in [0.717, 1.165) is 12.8 Å². The summed E-state index contributed by atoms with van der Waals surface area (Å²) in [5.74, 6) is 0.168. The van der Waals surface area contributed by atoms with Crippen molar-refractivity contribution in [3.8, 4) is 0 Å². The lowest BCUT2D eigenvalue weighted by molar-refractivity contribution is 0.0450. The summed E-state index contributed by atoms with van der Waals surface area (Å²) in [7, 11) is 0. The lowest BCUT2D eigenvalue weighted by Gasteiger charge is -2.25. The minimum atomic E-state index is -0.647. The zero-order valence-corrected chi connectivity index (χ0v) is 9.54. The molecule has 2 heteroatoms. The molecule has 0 aromatic rings. The van der Waals surface area contributed by atoms with Gasteiger partial charge < -0.3 is 5.11 Å². The Bertz CT molecular complexity index is 158. The minimum absolute atomic E-state index is 0.168. The number of rotatable bonds is 5. The maximum Gasteiger partial charge on any atom is 0.0668 e. The van der Waals surface area contributed by atoms with Crippen LogP contribution in [-0.4, -0.2) is 23.0 Å². The molecule has 78 valence electrons. The van der Waals surface area contributed by atoms with Gasteiger partial charge in [-0.25, -0.2) is 0 Å². The third-order valence-electron chi connectivity index (χ3n) is 2.46. The maximum atomic E-state index is 9.77. The predicted molar refractivity (Wildman–Crippen MR) is 58.3 cm³/mol. The zero-order chi connectivity index (χ0) is 10.5. The Morgan fingerprint density at radius 3 is 2.15 bits per heavy atom. The van der Waals surface area contributed by atoms with Gasteiger partial charge in [0.25, 0.3) is 0 Å². The van der Waals surface area contributed by atoms with E-state index >= 15 is 0 Å². The second-order valence-electron chi connectivity index (χ2n) is 4.22. The van der Waals surface area contributed by atoms with Crippen molar-refractivity contribution < 1.29 is 5.11 Å². The largest absolute Gasteiger partial charge is 0.390 e. The molecular weight excluding hydrogens is 162 g/mol. The van der Waals surface area contributed by atoms with Crippen molar-refractivity contribution >= 4 is 6.21 Å². The third-order valence-corrected chi connectivity index (χ3v) is 2.46. The lowest BCUT2D eigenvalue weighted by atomic mass is 9.90. The summed E-state index contributed by atoms with van der Waals surface area (Å²) in [6.07, 6.45) is 3.90. The van der Waals surface area contributed by atoms with Crippen LogP contribution in [0.3, 0.4) is 0 Å². The van der Waals surface area contributed by atoms with Crippen LogP contribution in [0, 0.1) is 5.92 Å². The van der Waals surface area contributed by atoms with Gasteiger partial charge in [-0.2, -0.15) is 0 Å². The highest BCUT2D eigenvalue weighted by Crippen LogP contribution is 2.17. The Hall–Kier alpha value is -0.370. The molecule has 0 radical (unpaired) electrons. The first kappa shape index (κ1) is 12.6. The predicted octanol–water partition coefficient (Wildman–Crippen LogP) is 2.65. The Morgan fingerprint density at radius 1 is 1.31 bits per heavy atom. The molecule has 0 aromatic carbocycles. The van der Waals surface area contributed by atoms with Crippen molar-refractivity contribution in [1.29, 1.82) is 0 Å². The molecule has 0 fully saturated rings. The summed E-state index contributed by atoms with van der Waals surface area (Å²) in [6.45, 7) is 9.96. The van der Waals surface area contributed by atoms with Gasteiger partial charge in [-0.15, -0.1) is 0 Å². The van der Waals surface area contributed by atoms with Gasteiger partial charge in [-0.05, 0) is 33.6 Å². The van der Waals surface area contributed by atoms with E-state index in [4.69, 9.17) is 0 Å². The molecule has 2 unspecified atom stereocenters. The van der Waals surface area contributed by atoms with Crippen LogP contribution < -0.4 is 0 Å². The van der Waals surface area contributed by atoms with Crippen LogP contribution in [0.4, 0.5) is 0 Å². The first-order valence-corrected chi connectivity index (χ1v) is 5.17. The van der Waals surface area contributed by atoms with Crippen molar-refractivity contribution in [2.75, 3.05) is 0 Å². The summed E-state index contributed by atoms with van der Waals surface area (Å²) in [5, 5.41) is 9.77. The van der Waals surface area contributed by atoms with Gasteiger partial charge in [0.1, 0.15) is 0 Å². The van der Waals surface area contributed by atoms with E-state index in [1.807, 2.05) is 20.1 Å².